The minimum Gasteiger partial charge on any atom is -0.379 e. The Labute approximate surface area is 147 Å². The summed E-state index contributed by atoms with van der Waals surface area (Å²) in [7, 11) is 1.66. The Balaban J connectivity index is 1.87. The van der Waals surface area contributed by atoms with Gasteiger partial charge in [0, 0.05) is 45.1 Å². The standard InChI is InChI=1S/C16H28F2N6O/c1-12(2)13(23-6-8-25-9-7-23)10-21-16(19-3)22-11-14-20-4-5-24(14)15(17)18/h4-5,12-13,15H,6-11H2,1-3H3,(H2,19,21,22). The molecule has 2 heterocycles. The number of ether oxygens (including phenoxy) is 1. The van der Waals surface area contributed by atoms with Gasteiger partial charge in [0.15, 0.2) is 5.96 Å². The van der Waals surface area contributed by atoms with E-state index in [0.717, 1.165) is 37.4 Å². The van der Waals surface area contributed by atoms with Gasteiger partial charge in [-0.3, -0.25) is 14.5 Å². The Morgan fingerprint density at radius 3 is 2.64 bits per heavy atom. The van der Waals surface area contributed by atoms with E-state index in [2.05, 4.69) is 39.4 Å². The summed E-state index contributed by atoms with van der Waals surface area (Å²) < 4.78 is 32.0. The summed E-state index contributed by atoms with van der Waals surface area (Å²) in [6.45, 7) is 6.04. The van der Waals surface area contributed by atoms with Crippen molar-refractivity contribution >= 4 is 5.96 Å². The zero-order valence-electron chi connectivity index (χ0n) is 15.1. The van der Waals surface area contributed by atoms with Gasteiger partial charge in [0.25, 0.3) is 0 Å². The van der Waals surface area contributed by atoms with Gasteiger partial charge in [-0.25, -0.2) is 4.98 Å². The maximum atomic E-state index is 12.8. The molecule has 1 saturated heterocycles. The minimum atomic E-state index is -2.60. The number of rotatable bonds is 7. The summed E-state index contributed by atoms with van der Waals surface area (Å²) in [5, 5.41) is 6.33. The first kappa shape index (κ1) is 19.6. The fourth-order valence-corrected chi connectivity index (χ4v) is 2.94. The number of nitrogens with zero attached hydrogens (tertiary/aromatic N) is 4. The number of imidazole rings is 1. The molecule has 0 aliphatic carbocycles. The molecule has 2 N–H and O–H groups in total. The second-order valence-corrected chi connectivity index (χ2v) is 6.29. The van der Waals surface area contributed by atoms with Crippen LogP contribution in [0.5, 0.6) is 0 Å². The van der Waals surface area contributed by atoms with E-state index in [1.54, 1.807) is 7.05 Å². The van der Waals surface area contributed by atoms with Gasteiger partial charge >= 0.3 is 6.55 Å². The van der Waals surface area contributed by atoms with E-state index in [-0.39, 0.29) is 12.4 Å². The normalized spacial score (nSPS) is 18.0. The van der Waals surface area contributed by atoms with E-state index in [1.165, 1.54) is 12.4 Å². The van der Waals surface area contributed by atoms with E-state index < -0.39 is 6.55 Å². The summed E-state index contributed by atoms with van der Waals surface area (Å²) in [4.78, 5) is 10.5. The average molecular weight is 358 g/mol. The van der Waals surface area contributed by atoms with E-state index in [1.807, 2.05) is 0 Å². The topological polar surface area (TPSA) is 66.7 Å². The predicted molar refractivity (Wildman–Crippen MR) is 92.7 cm³/mol. The van der Waals surface area contributed by atoms with E-state index in [4.69, 9.17) is 4.74 Å². The van der Waals surface area contributed by atoms with E-state index >= 15 is 0 Å². The number of hydrogen-bond donors (Lipinski definition) is 2. The maximum absolute atomic E-state index is 12.8. The Morgan fingerprint density at radius 1 is 1.32 bits per heavy atom. The van der Waals surface area contributed by atoms with Crippen LogP contribution in [-0.4, -0.2) is 66.3 Å². The van der Waals surface area contributed by atoms with Gasteiger partial charge in [0.2, 0.25) is 0 Å². The van der Waals surface area contributed by atoms with Crippen LogP contribution in [0, 0.1) is 5.92 Å². The largest absolute Gasteiger partial charge is 0.379 e. The third kappa shape index (κ3) is 5.64. The van der Waals surface area contributed by atoms with Crippen LogP contribution < -0.4 is 10.6 Å². The fourth-order valence-electron chi connectivity index (χ4n) is 2.94. The van der Waals surface area contributed by atoms with Crippen LogP contribution in [0.2, 0.25) is 0 Å². The molecule has 0 spiro atoms. The number of aromatic nitrogens is 2. The minimum absolute atomic E-state index is 0.181. The number of alkyl halides is 2. The van der Waals surface area contributed by atoms with Gasteiger partial charge in [0.1, 0.15) is 5.82 Å². The Kier molecular flexibility index (Phi) is 7.57. The molecular formula is C16H28F2N6O. The lowest BCUT2D eigenvalue weighted by Crippen LogP contribution is -2.52. The summed E-state index contributed by atoms with van der Waals surface area (Å²) in [5.41, 5.74) is 0. The molecule has 25 heavy (non-hydrogen) atoms. The summed E-state index contributed by atoms with van der Waals surface area (Å²) in [6.07, 6.45) is 2.64. The predicted octanol–water partition coefficient (Wildman–Crippen LogP) is 1.30. The second-order valence-electron chi connectivity index (χ2n) is 6.29. The first-order valence-electron chi connectivity index (χ1n) is 8.59. The quantitative estimate of drug-likeness (QED) is 0.568. The highest BCUT2D eigenvalue weighted by Gasteiger charge is 2.24. The fraction of sp³-hybridized carbons (Fsp3) is 0.750. The lowest BCUT2D eigenvalue weighted by Gasteiger charge is -2.37. The Hall–Kier alpha value is -1.74. The maximum Gasteiger partial charge on any atom is 0.319 e. The molecule has 1 atom stereocenters. The van der Waals surface area contributed by atoms with Crippen molar-refractivity contribution in [2.24, 2.45) is 10.9 Å². The van der Waals surface area contributed by atoms with E-state index in [9.17, 15) is 8.78 Å². The van der Waals surface area contributed by atoms with Crippen molar-refractivity contribution in [1.29, 1.82) is 0 Å². The van der Waals surface area contributed by atoms with Gasteiger partial charge in [-0.05, 0) is 5.92 Å². The molecule has 1 aromatic rings. The van der Waals surface area contributed by atoms with Crippen LogP contribution in [0.3, 0.4) is 0 Å². The van der Waals surface area contributed by atoms with Crippen LogP contribution in [-0.2, 0) is 11.3 Å². The van der Waals surface area contributed by atoms with Crippen LogP contribution in [0.1, 0.15) is 26.2 Å². The number of nitrogens with one attached hydrogen (secondary N) is 2. The van der Waals surface area contributed by atoms with Crippen molar-refractivity contribution in [1.82, 2.24) is 25.1 Å². The first-order valence-corrected chi connectivity index (χ1v) is 8.59. The van der Waals surface area contributed by atoms with Crippen molar-refractivity contribution in [2.45, 2.75) is 33.0 Å². The van der Waals surface area contributed by atoms with E-state index in [0.29, 0.717) is 17.9 Å². The number of halogens is 2. The third-order valence-corrected chi connectivity index (χ3v) is 4.36. The Bertz CT molecular complexity index is 542. The Morgan fingerprint density at radius 2 is 2.04 bits per heavy atom. The van der Waals surface area contributed by atoms with Crippen LogP contribution >= 0.6 is 0 Å². The molecule has 1 aliphatic heterocycles. The SMILES string of the molecule is CN=C(NCc1nccn1C(F)F)NCC(C(C)C)N1CCOCC1. The highest BCUT2D eigenvalue weighted by atomic mass is 19.3. The lowest BCUT2D eigenvalue weighted by atomic mass is 10.0. The van der Waals surface area contributed by atoms with Crippen LogP contribution in [0.25, 0.3) is 0 Å². The van der Waals surface area contributed by atoms with Gasteiger partial charge < -0.3 is 15.4 Å². The zero-order valence-corrected chi connectivity index (χ0v) is 15.1. The molecular weight excluding hydrogens is 330 g/mol. The van der Waals surface area contributed by atoms with Crippen molar-refractivity contribution in [3.05, 3.63) is 18.2 Å². The molecule has 0 saturated carbocycles. The highest BCUT2D eigenvalue weighted by molar-refractivity contribution is 5.79. The molecule has 1 unspecified atom stereocenters. The van der Waals surface area contributed by atoms with Crippen LogP contribution in [0.15, 0.2) is 17.4 Å². The second kappa shape index (κ2) is 9.67. The third-order valence-electron chi connectivity index (χ3n) is 4.36. The average Bonchev–Trinajstić information content (AvgIpc) is 3.07. The highest BCUT2D eigenvalue weighted by Crippen LogP contribution is 2.13. The van der Waals surface area contributed by atoms with Crippen molar-refractivity contribution in [3.8, 4) is 0 Å². The molecule has 1 aromatic heterocycles. The molecule has 1 aliphatic rings. The van der Waals surface area contributed by atoms with Crippen molar-refractivity contribution in [2.75, 3.05) is 39.9 Å². The molecule has 2 rings (SSSR count). The molecule has 142 valence electrons. The number of hydrogen-bond acceptors (Lipinski definition) is 4. The first-order chi connectivity index (χ1) is 12.0. The summed E-state index contributed by atoms with van der Waals surface area (Å²) in [6, 6.07) is 0.352. The van der Waals surface area contributed by atoms with Gasteiger partial charge in [-0.2, -0.15) is 8.78 Å². The van der Waals surface area contributed by atoms with Crippen LogP contribution in [0.4, 0.5) is 8.78 Å². The zero-order chi connectivity index (χ0) is 18.2. The van der Waals surface area contributed by atoms with Crippen molar-refractivity contribution in [3.63, 3.8) is 0 Å². The number of aliphatic imine (C=N–C) groups is 1. The molecule has 0 radical (unpaired) electrons. The smallest absolute Gasteiger partial charge is 0.319 e. The molecule has 9 heteroatoms. The molecule has 0 amide bonds. The van der Waals surface area contributed by atoms with Gasteiger partial charge in [-0.1, -0.05) is 13.8 Å². The number of morpholine rings is 1. The molecule has 7 nitrogen and oxygen atoms in total. The summed E-state index contributed by atoms with van der Waals surface area (Å²) in [5.74, 6) is 1.32. The summed E-state index contributed by atoms with van der Waals surface area (Å²) >= 11 is 0. The molecule has 0 bridgehead atoms. The monoisotopic (exact) mass is 358 g/mol. The molecule has 1 fully saturated rings. The van der Waals surface area contributed by atoms with Crippen molar-refractivity contribution < 1.29 is 13.5 Å². The van der Waals surface area contributed by atoms with Gasteiger partial charge in [-0.15, -0.1) is 0 Å². The van der Waals surface area contributed by atoms with Gasteiger partial charge in [0.05, 0.1) is 19.8 Å². The number of guanidine groups is 1. The molecule has 0 aromatic carbocycles. The lowest BCUT2D eigenvalue weighted by molar-refractivity contribution is 0.00751.